The maximum Gasteiger partial charge on any atom is 0.307 e. The van der Waals surface area contributed by atoms with Crippen LogP contribution in [-0.4, -0.2) is 13.0 Å². The van der Waals surface area contributed by atoms with Gasteiger partial charge in [0.1, 0.15) is 6.07 Å². The third kappa shape index (κ3) is 2.57. The summed E-state index contributed by atoms with van der Waals surface area (Å²) in [6, 6.07) is 13.5. The largest absolute Gasteiger partial charge is 0.442 e. The van der Waals surface area contributed by atoms with Crippen LogP contribution in [0, 0.1) is 11.3 Å². The lowest BCUT2D eigenvalue weighted by atomic mass is 9.99. The minimum absolute atomic E-state index is 0.255. The van der Waals surface area contributed by atoms with Gasteiger partial charge in [-0.3, -0.25) is 4.79 Å². The molecule has 2 rings (SSSR count). The van der Waals surface area contributed by atoms with Crippen molar-refractivity contribution in [1.82, 2.24) is 0 Å². The van der Waals surface area contributed by atoms with E-state index < -0.39 is 6.10 Å². The fourth-order valence-corrected chi connectivity index (χ4v) is 2.16. The van der Waals surface area contributed by atoms with Gasteiger partial charge in [-0.15, -0.1) is 0 Å². The summed E-state index contributed by atoms with van der Waals surface area (Å²) in [6.45, 7) is 1.71. The smallest absolute Gasteiger partial charge is 0.307 e. The lowest BCUT2D eigenvalue weighted by molar-refractivity contribution is -0.146. The molecule has 2 aromatic carbocycles. The van der Waals surface area contributed by atoms with Crippen molar-refractivity contribution in [3.8, 4) is 6.07 Å². The van der Waals surface area contributed by atoms with Crippen LogP contribution in [0.1, 0.15) is 25.0 Å². The number of rotatable bonds is 4. The standard InChI is InChI=1S/C16H16N2O2/c1-3-16(19)20-15(10-17)13-8-4-7-12-11(13)6-5-9-14(12)18-2/h4-9,15,18H,3H2,1-2H3. The average molecular weight is 268 g/mol. The number of fused-ring (bicyclic) bond motifs is 1. The highest BCUT2D eigenvalue weighted by molar-refractivity contribution is 5.96. The van der Waals surface area contributed by atoms with Crippen LogP contribution in [0.4, 0.5) is 5.69 Å². The van der Waals surface area contributed by atoms with E-state index in [1.165, 1.54) is 0 Å². The molecule has 0 fully saturated rings. The lowest BCUT2D eigenvalue weighted by Crippen LogP contribution is -2.09. The highest BCUT2D eigenvalue weighted by Gasteiger charge is 2.18. The molecule has 0 aliphatic carbocycles. The quantitative estimate of drug-likeness (QED) is 0.863. The van der Waals surface area contributed by atoms with Crippen LogP contribution >= 0.6 is 0 Å². The average Bonchev–Trinajstić information content (AvgIpc) is 2.51. The van der Waals surface area contributed by atoms with Gasteiger partial charge in [-0.05, 0) is 11.5 Å². The predicted octanol–water partition coefficient (Wildman–Crippen LogP) is 3.40. The minimum atomic E-state index is -0.877. The molecule has 4 heteroatoms. The summed E-state index contributed by atoms with van der Waals surface area (Å²) in [7, 11) is 1.85. The number of hydrogen-bond donors (Lipinski definition) is 1. The molecule has 1 N–H and O–H groups in total. The molecule has 0 radical (unpaired) electrons. The summed E-state index contributed by atoms with van der Waals surface area (Å²) in [5.74, 6) is -0.377. The molecule has 20 heavy (non-hydrogen) atoms. The Hall–Kier alpha value is -2.54. The van der Waals surface area contributed by atoms with E-state index in [9.17, 15) is 10.1 Å². The summed E-state index contributed by atoms with van der Waals surface area (Å²) >= 11 is 0. The van der Waals surface area contributed by atoms with Crippen molar-refractivity contribution in [2.75, 3.05) is 12.4 Å². The lowest BCUT2D eigenvalue weighted by Gasteiger charge is -2.14. The van der Waals surface area contributed by atoms with Gasteiger partial charge in [-0.25, -0.2) is 0 Å². The highest BCUT2D eigenvalue weighted by atomic mass is 16.5. The van der Waals surface area contributed by atoms with Crippen molar-refractivity contribution in [3.05, 3.63) is 42.0 Å². The summed E-state index contributed by atoms with van der Waals surface area (Å²) in [5, 5.41) is 14.3. The number of hydrogen-bond acceptors (Lipinski definition) is 4. The van der Waals surface area contributed by atoms with E-state index in [0.29, 0.717) is 5.56 Å². The zero-order valence-corrected chi connectivity index (χ0v) is 11.5. The van der Waals surface area contributed by atoms with E-state index in [1.54, 1.807) is 6.92 Å². The Kier molecular flexibility index (Phi) is 4.21. The zero-order valence-electron chi connectivity index (χ0n) is 11.5. The van der Waals surface area contributed by atoms with Crippen molar-refractivity contribution in [2.45, 2.75) is 19.4 Å². The van der Waals surface area contributed by atoms with Crippen molar-refractivity contribution in [3.63, 3.8) is 0 Å². The first kappa shape index (κ1) is 13.9. The molecule has 0 amide bonds. The number of nitrogens with one attached hydrogen (secondary N) is 1. The van der Waals surface area contributed by atoms with Gasteiger partial charge in [0.05, 0.1) is 0 Å². The van der Waals surface area contributed by atoms with Crippen molar-refractivity contribution in [1.29, 1.82) is 5.26 Å². The number of nitrogens with zero attached hydrogens (tertiary/aromatic N) is 1. The molecule has 4 nitrogen and oxygen atoms in total. The highest BCUT2D eigenvalue weighted by Crippen LogP contribution is 2.30. The van der Waals surface area contributed by atoms with Gasteiger partial charge >= 0.3 is 5.97 Å². The number of anilines is 1. The number of esters is 1. The molecule has 0 aromatic heterocycles. The van der Waals surface area contributed by atoms with Gasteiger partial charge in [0.2, 0.25) is 6.10 Å². The van der Waals surface area contributed by atoms with Crippen LogP contribution in [0.15, 0.2) is 36.4 Å². The molecular formula is C16H16N2O2. The van der Waals surface area contributed by atoms with Crippen LogP contribution in [0.2, 0.25) is 0 Å². The summed E-state index contributed by atoms with van der Waals surface area (Å²) in [5.41, 5.74) is 1.69. The van der Waals surface area contributed by atoms with Crippen molar-refractivity contribution >= 4 is 22.4 Å². The minimum Gasteiger partial charge on any atom is -0.442 e. The van der Waals surface area contributed by atoms with E-state index in [2.05, 4.69) is 5.32 Å². The van der Waals surface area contributed by atoms with E-state index >= 15 is 0 Å². The molecule has 0 aliphatic heterocycles. The predicted molar refractivity (Wildman–Crippen MR) is 78.2 cm³/mol. The van der Waals surface area contributed by atoms with E-state index in [4.69, 9.17) is 4.74 Å². The first-order valence-electron chi connectivity index (χ1n) is 6.49. The van der Waals surface area contributed by atoms with Gasteiger partial charge < -0.3 is 10.1 Å². The van der Waals surface area contributed by atoms with Crippen molar-refractivity contribution < 1.29 is 9.53 Å². The first-order valence-corrected chi connectivity index (χ1v) is 6.49. The van der Waals surface area contributed by atoms with Crippen LogP contribution in [-0.2, 0) is 9.53 Å². The van der Waals surface area contributed by atoms with Gasteiger partial charge in [-0.1, -0.05) is 37.3 Å². The zero-order chi connectivity index (χ0) is 14.5. The number of benzene rings is 2. The molecule has 102 valence electrons. The SMILES string of the molecule is CCC(=O)OC(C#N)c1cccc2c(NC)cccc12. The number of ether oxygens (including phenoxy) is 1. The normalized spacial score (nSPS) is 11.7. The van der Waals surface area contributed by atoms with E-state index in [0.717, 1.165) is 16.5 Å². The Bertz CT molecular complexity index is 674. The number of carbonyl (C=O) groups is 1. The summed E-state index contributed by atoms with van der Waals surface area (Å²) in [6.07, 6.45) is -0.622. The van der Waals surface area contributed by atoms with Crippen molar-refractivity contribution in [2.24, 2.45) is 0 Å². The number of nitriles is 1. The second kappa shape index (κ2) is 6.07. The fourth-order valence-electron chi connectivity index (χ4n) is 2.16. The molecule has 0 aliphatic rings. The third-order valence-electron chi connectivity index (χ3n) is 3.16. The van der Waals surface area contributed by atoms with Gasteiger partial charge in [-0.2, -0.15) is 5.26 Å². The van der Waals surface area contributed by atoms with Gasteiger partial charge in [0.15, 0.2) is 0 Å². The Morgan fingerprint density at radius 2 is 2.00 bits per heavy atom. The summed E-state index contributed by atoms with van der Waals surface area (Å²) in [4.78, 5) is 11.4. The van der Waals surface area contributed by atoms with Crippen LogP contribution in [0.5, 0.6) is 0 Å². The Morgan fingerprint density at radius 1 is 1.30 bits per heavy atom. The second-order valence-corrected chi connectivity index (χ2v) is 4.35. The monoisotopic (exact) mass is 268 g/mol. The molecular weight excluding hydrogens is 252 g/mol. The van der Waals surface area contributed by atoms with E-state index in [-0.39, 0.29) is 12.4 Å². The van der Waals surface area contributed by atoms with Gasteiger partial charge in [0, 0.05) is 30.1 Å². The van der Waals surface area contributed by atoms with Crippen LogP contribution in [0.25, 0.3) is 10.8 Å². The fraction of sp³-hybridized carbons (Fsp3) is 0.250. The third-order valence-corrected chi connectivity index (χ3v) is 3.16. The van der Waals surface area contributed by atoms with E-state index in [1.807, 2.05) is 49.5 Å². The van der Waals surface area contributed by atoms with Gasteiger partial charge in [0.25, 0.3) is 0 Å². The Balaban J connectivity index is 2.54. The topological polar surface area (TPSA) is 62.1 Å². The summed E-state index contributed by atoms with van der Waals surface area (Å²) < 4.78 is 5.20. The molecule has 0 bridgehead atoms. The number of carbonyl (C=O) groups excluding carboxylic acids is 1. The molecule has 0 heterocycles. The maximum absolute atomic E-state index is 11.4. The first-order chi connectivity index (χ1) is 9.71. The Labute approximate surface area is 118 Å². The van der Waals surface area contributed by atoms with Crippen LogP contribution < -0.4 is 5.32 Å². The molecule has 0 saturated carbocycles. The second-order valence-electron chi connectivity index (χ2n) is 4.35. The molecule has 1 atom stereocenters. The maximum atomic E-state index is 11.4. The molecule has 0 spiro atoms. The molecule has 0 saturated heterocycles. The molecule has 1 unspecified atom stereocenters. The Morgan fingerprint density at radius 3 is 2.65 bits per heavy atom. The molecule has 2 aromatic rings. The van der Waals surface area contributed by atoms with Crippen LogP contribution in [0.3, 0.4) is 0 Å².